The first-order valence-corrected chi connectivity index (χ1v) is 5.26. The van der Waals surface area contributed by atoms with E-state index >= 15 is 0 Å². The summed E-state index contributed by atoms with van der Waals surface area (Å²) in [6.07, 6.45) is 0. The highest BCUT2D eigenvalue weighted by atomic mass is 16.3. The van der Waals surface area contributed by atoms with Crippen molar-refractivity contribution in [1.82, 2.24) is 14.8 Å². The van der Waals surface area contributed by atoms with Crippen LogP contribution < -0.4 is 5.73 Å². The van der Waals surface area contributed by atoms with Crippen LogP contribution in [0.1, 0.15) is 28.7 Å². The van der Waals surface area contributed by atoms with E-state index in [2.05, 4.69) is 10.1 Å². The van der Waals surface area contributed by atoms with E-state index in [4.69, 9.17) is 10.2 Å². The van der Waals surface area contributed by atoms with Gasteiger partial charge in [0.2, 0.25) is 0 Å². The minimum absolute atomic E-state index is 0.505. The molecule has 0 aliphatic rings. The van der Waals surface area contributed by atoms with Crippen LogP contribution in [-0.4, -0.2) is 14.8 Å². The van der Waals surface area contributed by atoms with E-state index in [1.165, 1.54) is 0 Å². The van der Waals surface area contributed by atoms with Crippen molar-refractivity contribution in [3.8, 4) is 0 Å². The molecule has 2 heterocycles. The van der Waals surface area contributed by atoms with Crippen LogP contribution >= 0.6 is 0 Å². The van der Waals surface area contributed by atoms with Crippen molar-refractivity contribution in [3.63, 3.8) is 0 Å². The maximum Gasteiger partial charge on any atom is 0.147 e. The number of hydrogen-bond acceptors (Lipinski definition) is 4. The van der Waals surface area contributed by atoms with E-state index < -0.39 is 0 Å². The van der Waals surface area contributed by atoms with Crippen molar-refractivity contribution in [3.05, 3.63) is 34.8 Å². The van der Waals surface area contributed by atoms with Crippen LogP contribution in [0.4, 0.5) is 0 Å². The van der Waals surface area contributed by atoms with Gasteiger partial charge in [0.05, 0.1) is 0 Å². The van der Waals surface area contributed by atoms with Crippen LogP contribution in [0.15, 0.2) is 10.5 Å². The molecule has 0 fully saturated rings. The Bertz CT molecular complexity index is 498. The average Bonchev–Trinajstić information content (AvgIpc) is 2.71. The van der Waals surface area contributed by atoms with Gasteiger partial charge in [-0.1, -0.05) is 0 Å². The van der Waals surface area contributed by atoms with E-state index in [0.29, 0.717) is 13.1 Å². The number of nitrogens with two attached hydrogens (primary N) is 1. The Hall–Kier alpha value is -1.62. The molecule has 2 rings (SSSR count). The van der Waals surface area contributed by atoms with Gasteiger partial charge in [0.1, 0.15) is 29.7 Å². The number of hydrogen-bond donors (Lipinski definition) is 1. The lowest BCUT2D eigenvalue weighted by Crippen LogP contribution is -2.03. The molecule has 0 saturated heterocycles. The fourth-order valence-corrected chi connectivity index (χ4v) is 1.73. The average molecular weight is 220 g/mol. The van der Waals surface area contributed by atoms with Gasteiger partial charge in [0.25, 0.3) is 0 Å². The van der Waals surface area contributed by atoms with Crippen LogP contribution in [0.5, 0.6) is 0 Å². The van der Waals surface area contributed by atoms with Gasteiger partial charge in [0, 0.05) is 12.1 Å². The first-order valence-electron chi connectivity index (χ1n) is 5.26. The number of furan rings is 1. The van der Waals surface area contributed by atoms with Crippen molar-refractivity contribution >= 4 is 0 Å². The first-order chi connectivity index (χ1) is 7.60. The Morgan fingerprint density at radius 1 is 1.38 bits per heavy atom. The molecule has 0 spiro atoms. The summed E-state index contributed by atoms with van der Waals surface area (Å²) in [6, 6.07) is 1.98. The summed E-state index contributed by atoms with van der Waals surface area (Å²) in [5.41, 5.74) is 6.64. The van der Waals surface area contributed by atoms with Crippen molar-refractivity contribution in [2.24, 2.45) is 5.73 Å². The number of aromatic nitrogens is 3. The van der Waals surface area contributed by atoms with Crippen molar-refractivity contribution in [1.29, 1.82) is 0 Å². The van der Waals surface area contributed by atoms with Crippen molar-refractivity contribution in [2.75, 3.05) is 0 Å². The monoisotopic (exact) mass is 220 g/mol. The van der Waals surface area contributed by atoms with E-state index in [1.807, 2.05) is 31.5 Å². The lowest BCUT2D eigenvalue weighted by molar-refractivity contribution is 0.453. The molecule has 86 valence electrons. The fourth-order valence-electron chi connectivity index (χ4n) is 1.73. The third-order valence-electron chi connectivity index (χ3n) is 2.56. The fraction of sp³-hybridized carbons (Fsp3) is 0.455. The molecule has 2 aromatic rings. The molecule has 16 heavy (non-hydrogen) atoms. The number of nitrogens with zero attached hydrogens (tertiary/aromatic N) is 3. The SMILES string of the molecule is Cc1nc(C)n(Cc2cc(CN)c(C)o2)n1. The highest BCUT2D eigenvalue weighted by Crippen LogP contribution is 2.15. The maximum absolute atomic E-state index is 5.61. The topological polar surface area (TPSA) is 69.9 Å². The zero-order valence-electron chi connectivity index (χ0n) is 9.82. The number of rotatable bonds is 3. The molecule has 2 N–H and O–H groups in total. The smallest absolute Gasteiger partial charge is 0.147 e. The lowest BCUT2D eigenvalue weighted by atomic mass is 10.2. The maximum atomic E-state index is 5.61. The van der Waals surface area contributed by atoms with Gasteiger partial charge < -0.3 is 10.2 Å². The molecule has 5 nitrogen and oxygen atoms in total. The van der Waals surface area contributed by atoms with Crippen molar-refractivity contribution < 1.29 is 4.42 Å². The first kappa shape index (κ1) is 10.9. The molecular weight excluding hydrogens is 204 g/mol. The molecule has 2 aromatic heterocycles. The van der Waals surface area contributed by atoms with Gasteiger partial charge in [-0.05, 0) is 26.8 Å². The normalized spacial score (nSPS) is 11.0. The second-order valence-corrected chi connectivity index (χ2v) is 3.86. The summed E-state index contributed by atoms with van der Waals surface area (Å²) in [4.78, 5) is 4.24. The lowest BCUT2D eigenvalue weighted by Gasteiger charge is -1.98. The quantitative estimate of drug-likeness (QED) is 0.846. The van der Waals surface area contributed by atoms with E-state index in [0.717, 1.165) is 28.7 Å². The highest BCUT2D eigenvalue weighted by molar-refractivity contribution is 5.20. The molecule has 0 atom stereocenters. The Kier molecular flexibility index (Phi) is 2.78. The molecule has 0 radical (unpaired) electrons. The van der Waals surface area contributed by atoms with Crippen LogP contribution in [0.25, 0.3) is 0 Å². The molecule has 5 heteroatoms. The molecule has 0 bridgehead atoms. The van der Waals surface area contributed by atoms with Gasteiger partial charge in [0.15, 0.2) is 0 Å². The Morgan fingerprint density at radius 3 is 2.62 bits per heavy atom. The summed E-state index contributed by atoms with van der Waals surface area (Å²) in [6.45, 7) is 6.84. The Morgan fingerprint density at radius 2 is 2.12 bits per heavy atom. The zero-order valence-corrected chi connectivity index (χ0v) is 9.82. The molecule has 0 aromatic carbocycles. The third kappa shape index (κ3) is 1.99. The largest absolute Gasteiger partial charge is 0.464 e. The Balaban J connectivity index is 2.23. The van der Waals surface area contributed by atoms with Gasteiger partial charge in [-0.2, -0.15) is 5.10 Å². The minimum Gasteiger partial charge on any atom is -0.464 e. The molecule has 0 unspecified atom stereocenters. The van der Waals surface area contributed by atoms with Crippen LogP contribution in [0.2, 0.25) is 0 Å². The van der Waals surface area contributed by atoms with E-state index in [1.54, 1.807) is 0 Å². The summed E-state index contributed by atoms with van der Waals surface area (Å²) >= 11 is 0. The molecule has 0 aliphatic carbocycles. The second kappa shape index (κ2) is 4.09. The van der Waals surface area contributed by atoms with Gasteiger partial charge in [-0.15, -0.1) is 0 Å². The van der Waals surface area contributed by atoms with Crippen LogP contribution in [0.3, 0.4) is 0 Å². The Labute approximate surface area is 94.3 Å². The van der Waals surface area contributed by atoms with Gasteiger partial charge >= 0.3 is 0 Å². The summed E-state index contributed by atoms with van der Waals surface area (Å²) in [5, 5.41) is 4.28. The zero-order chi connectivity index (χ0) is 11.7. The van der Waals surface area contributed by atoms with Crippen LogP contribution in [0, 0.1) is 20.8 Å². The molecule has 0 aliphatic heterocycles. The van der Waals surface area contributed by atoms with Crippen LogP contribution in [-0.2, 0) is 13.1 Å². The molecule has 0 saturated carbocycles. The third-order valence-corrected chi connectivity index (χ3v) is 2.56. The second-order valence-electron chi connectivity index (χ2n) is 3.86. The summed E-state index contributed by atoms with van der Waals surface area (Å²) in [7, 11) is 0. The van der Waals surface area contributed by atoms with Gasteiger partial charge in [-0.3, -0.25) is 0 Å². The van der Waals surface area contributed by atoms with E-state index in [9.17, 15) is 0 Å². The van der Waals surface area contributed by atoms with E-state index in [-0.39, 0.29) is 0 Å². The predicted molar refractivity (Wildman–Crippen MR) is 59.9 cm³/mol. The van der Waals surface area contributed by atoms with Gasteiger partial charge in [-0.25, -0.2) is 9.67 Å². The summed E-state index contributed by atoms with van der Waals surface area (Å²) < 4.78 is 7.43. The predicted octanol–water partition coefficient (Wildman–Crippen LogP) is 1.30. The minimum atomic E-state index is 0.505. The van der Waals surface area contributed by atoms with Crippen molar-refractivity contribution in [2.45, 2.75) is 33.9 Å². The number of aryl methyl sites for hydroxylation is 3. The summed E-state index contributed by atoms with van der Waals surface area (Å²) in [5.74, 6) is 3.42. The standard InChI is InChI=1S/C11H16N4O/c1-7-10(5-12)4-11(16-7)6-15-9(3)13-8(2)14-15/h4H,5-6,12H2,1-3H3. The molecular formula is C11H16N4O. The molecule has 0 amide bonds. The highest BCUT2D eigenvalue weighted by Gasteiger charge is 2.09.